The Balaban J connectivity index is 2.62. The van der Waals surface area contributed by atoms with Crippen molar-refractivity contribution >= 4 is 10.0 Å². The lowest BCUT2D eigenvalue weighted by Gasteiger charge is -2.23. The molecule has 1 saturated heterocycles. The van der Waals surface area contributed by atoms with Gasteiger partial charge in [-0.3, -0.25) is 0 Å². The lowest BCUT2D eigenvalue weighted by molar-refractivity contribution is 0.0572. The summed E-state index contributed by atoms with van der Waals surface area (Å²) in [5.41, 5.74) is 4.53. The molecule has 0 spiro atoms. The quantitative estimate of drug-likeness (QED) is 0.852. The van der Waals surface area contributed by atoms with E-state index in [4.69, 9.17) is 0 Å². The van der Waals surface area contributed by atoms with Crippen LogP contribution in [-0.4, -0.2) is 48.2 Å². The summed E-state index contributed by atoms with van der Waals surface area (Å²) in [5.74, 6) is 0. The highest BCUT2D eigenvalue weighted by Gasteiger charge is 2.39. The molecule has 2 unspecified atom stereocenters. The molecule has 2 atom stereocenters. The average molecular weight is 313 g/mol. The minimum atomic E-state index is -3.71. The van der Waals surface area contributed by atoms with Gasteiger partial charge in [0.15, 0.2) is 0 Å². The standard InChI is InChI=1S/C15H23NO4S/c1-8-9(2)11(4)15(12(5)10(8)3)21(19,20)16-6-13(17)14(18)7-16/h13-14,17-18H,6-7H2,1-5H3. The van der Waals surface area contributed by atoms with Crippen molar-refractivity contribution < 1.29 is 18.6 Å². The Bertz CT molecular complexity index is 642. The molecule has 1 heterocycles. The summed E-state index contributed by atoms with van der Waals surface area (Å²) in [5, 5.41) is 19.2. The summed E-state index contributed by atoms with van der Waals surface area (Å²) in [7, 11) is -3.71. The summed E-state index contributed by atoms with van der Waals surface area (Å²) in [6.07, 6.45) is -2.04. The van der Waals surface area contributed by atoms with Crippen LogP contribution in [0.25, 0.3) is 0 Å². The van der Waals surface area contributed by atoms with E-state index >= 15 is 0 Å². The molecule has 21 heavy (non-hydrogen) atoms. The topological polar surface area (TPSA) is 77.8 Å². The Labute approximate surface area is 126 Å². The first-order valence-electron chi connectivity index (χ1n) is 7.02. The fraction of sp³-hybridized carbons (Fsp3) is 0.600. The molecule has 0 radical (unpaired) electrons. The van der Waals surface area contributed by atoms with E-state index in [0.717, 1.165) is 27.8 Å². The first-order chi connectivity index (χ1) is 9.59. The zero-order valence-electron chi connectivity index (χ0n) is 13.1. The van der Waals surface area contributed by atoms with Gasteiger partial charge in [0.05, 0.1) is 17.1 Å². The molecule has 1 fully saturated rings. The van der Waals surface area contributed by atoms with Crippen LogP contribution in [0.3, 0.4) is 0 Å². The molecule has 6 heteroatoms. The molecule has 0 saturated carbocycles. The minimum Gasteiger partial charge on any atom is -0.389 e. The van der Waals surface area contributed by atoms with Crippen molar-refractivity contribution in [2.75, 3.05) is 13.1 Å². The van der Waals surface area contributed by atoms with Crippen molar-refractivity contribution in [1.82, 2.24) is 4.31 Å². The first-order valence-corrected chi connectivity index (χ1v) is 8.46. The fourth-order valence-electron chi connectivity index (χ4n) is 2.91. The van der Waals surface area contributed by atoms with Crippen molar-refractivity contribution in [2.45, 2.75) is 51.7 Å². The summed E-state index contributed by atoms with van der Waals surface area (Å²) < 4.78 is 26.9. The minimum absolute atomic E-state index is 0.0612. The predicted octanol–water partition coefficient (Wildman–Crippen LogP) is 0.955. The number of β-amino-alcohol motifs (C(OH)–C–C–N with tert-alkyl or cyclic N) is 2. The van der Waals surface area contributed by atoms with E-state index in [2.05, 4.69) is 0 Å². The highest BCUT2D eigenvalue weighted by molar-refractivity contribution is 7.89. The molecule has 0 bridgehead atoms. The van der Waals surface area contributed by atoms with E-state index in [1.54, 1.807) is 0 Å². The zero-order chi connectivity index (χ0) is 16.1. The third kappa shape index (κ3) is 2.50. The normalized spacial score (nSPS) is 23.8. The van der Waals surface area contributed by atoms with Crippen molar-refractivity contribution in [3.63, 3.8) is 0 Å². The van der Waals surface area contributed by atoms with Crippen molar-refractivity contribution in [2.24, 2.45) is 0 Å². The highest BCUT2D eigenvalue weighted by atomic mass is 32.2. The summed E-state index contributed by atoms with van der Waals surface area (Å²) in [6.45, 7) is 9.33. The Morgan fingerprint density at radius 1 is 0.810 bits per heavy atom. The molecule has 118 valence electrons. The summed E-state index contributed by atoms with van der Waals surface area (Å²) >= 11 is 0. The van der Waals surface area contributed by atoms with Crippen LogP contribution in [0.15, 0.2) is 4.90 Å². The zero-order valence-corrected chi connectivity index (χ0v) is 14.0. The second kappa shape index (κ2) is 5.35. The number of benzene rings is 1. The van der Waals surface area contributed by atoms with Crippen LogP contribution in [-0.2, 0) is 10.0 Å². The van der Waals surface area contributed by atoms with Crippen molar-refractivity contribution in [3.05, 3.63) is 27.8 Å². The van der Waals surface area contributed by atoms with Gasteiger partial charge in [-0.25, -0.2) is 8.42 Å². The molecule has 1 aliphatic rings. The molecule has 1 aromatic rings. The molecule has 0 aromatic heterocycles. The van der Waals surface area contributed by atoms with Gasteiger partial charge in [-0.05, 0) is 62.4 Å². The van der Waals surface area contributed by atoms with E-state index in [1.165, 1.54) is 4.31 Å². The monoisotopic (exact) mass is 313 g/mol. The van der Waals surface area contributed by atoms with E-state index in [-0.39, 0.29) is 13.1 Å². The van der Waals surface area contributed by atoms with E-state index in [0.29, 0.717) is 4.90 Å². The Morgan fingerprint density at radius 2 is 1.14 bits per heavy atom. The van der Waals surface area contributed by atoms with Crippen LogP contribution in [0.2, 0.25) is 0 Å². The number of nitrogens with zero attached hydrogens (tertiary/aromatic N) is 1. The van der Waals surface area contributed by atoms with Crippen molar-refractivity contribution in [1.29, 1.82) is 0 Å². The van der Waals surface area contributed by atoms with Gasteiger partial charge in [-0.2, -0.15) is 4.31 Å². The molecule has 2 N–H and O–H groups in total. The molecule has 0 amide bonds. The van der Waals surface area contributed by atoms with Crippen LogP contribution in [0, 0.1) is 34.6 Å². The van der Waals surface area contributed by atoms with Crippen LogP contribution >= 0.6 is 0 Å². The number of hydrogen-bond acceptors (Lipinski definition) is 4. The molecule has 1 aromatic carbocycles. The second-order valence-electron chi connectivity index (χ2n) is 5.91. The average Bonchev–Trinajstić information content (AvgIpc) is 2.75. The van der Waals surface area contributed by atoms with Gasteiger partial charge in [0.2, 0.25) is 10.0 Å². The smallest absolute Gasteiger partial charge is 0.243 e. The Hall–Kier alpha value is -0.950. The first kappa shape index (κ1) is 16.4. The number of aliphatic hydroxyl groups is 2. The van der Waals surface area contributed by atoms with Crippen LogP contribution in [0.4, 0.5) is 0 Å². The molecule has 0 aliphatic carbocycles. The molecule has 1 aliphatic heterocycles. The Morgan fingerprint density at radius 3 is 1.52 bits per heavy atom. The molecular weight excluding hydrogens is 290 g/mol. The molecule has 5 nitrogen and oxygen atoms in total. The number of sulfonamides is 1. The fourth-order valence-corrected chi connectivity index (χ4v) is 4.95. The summed E-state index contributed by atoms with van der Waals surface area (Å²) in [4.78, 5) is 0.310. The SMILES string of the molecule is Cc1c(C)c(C)c(S(=O)(=O)N2CC(O)C(O)C2)c(C)c1C. The Kier molecular flexibility index (Phi) is 4.19. The van der Waals surface area contributed by atoms with E-state index < -0.39 is 22.2 Å². The van der Waals surface area contributed by atoms with E-state index in [1.807, 2.05) is 34.6 Å². The van der Waals surface area contributed by atoms with Gasteiger partial charge in [0.25, 0.3) is 0 Å². The third-order valence-electron chi connectivity index (χ3n) is 4.75. The number of hydrogen-bond donors (Lipinski definition) is 2. The predicted molar refractivity (Wildman–Crippen MR) is 80.9 cm³/mol. The lowest BCUT2D eigenvalue weighted by Crippen LogP contribution is -2.31. The van der Waals surface area contributed by atoms with Gasteiger partial charge < -0.3 is 10.2 Å². The maximum atomic E-state index is 12.9. The van der Waals surface area contributed by atoms with Gasteiger partial charge in [0.1, 0.15) is 0 Å². The second-order valence-corrected chi connectivity index (χ2v) is 7.79. The highest BCUT2D eigenvalue weighted by Crippen LogP contribution is 2.32. The van der Waals surface area contributed by atoms with Crippen LogP contribution in [0.5, 0.6) is 0 Å². The maximum absolute atomic E-state index is 12.9. The largest absolute Gasteiger partial charge is 0.389 e. The van der Waals surface area contributed by atoms with Gasteiger partial charge in [0, 0.05) is 13.1 Å². The van der Waals surface area contributed by atoms with Gasteiger partial charge >= 0.3 is 0 Å². The lowest BCUT2D eigenvalue weighted by atomic mass is 9.95. The summed E-state index contributed by atoms with van der Waals surface area (Å²) in [6, 6.07) is 0. The van der Waals surface area contributed by atoms with Crippen molar-refractivity contribution in [3.8, 4) is 0 Å². The van der Waals surface area contributed by atoms with Crippen LogP contribution in [0.1, 0.15) is 27.8 Å². The number of aliphatic hydroxyl groups excluding tert-OH is 2. The number of rotatable bonds is 2. The molecular formula is C15H23NO4S. The maximum Gasteiger partial charge on any atom is 0.243 e. The van der Waals surface area contributed by atoms with Gasteiger partial charge in [-0.1, -0.05) is 0 Å². The molecule has 2 rings (SSSR count). The third-order valence-corrected chi connectivity index (χ3v) is 6.86. The van der Waals surface area contributed by atoms with E-state index in [9.17, 15) is 18.6 Å². The van der Waals surface area contributed by atoms with Crippen LogP contribution < -0.4 is 0 Å². The van der Waals surface area contributed by atoms with Gasteiger partial charge in [-0.15, -0.1) is 0 Å².